The van der Waals surface area contributed by atoms with Gasteiger partial charge < -0.3 is 18.8 Å². The Labute approximate surface area is 129 Å². The van der Waals surface area contributed by atoms with Gasteiger partial charge in [-0.25, -0.2) is 4.79 Å². The fraction of sp³-hybridized carbons (Fsp3) is 0.625. The summed E-state index contributed by atoms with van der Waals surface area (Å²) in [5.74, 6) is 0.194. The van der Waals surface area contributed by atoms with E-state index in [1.54, 1.807) is 13.0 Å². The van der Waals surface area contributed by atoms with Gasteiger partial charge in [-0.3, -0.25) is 4.79 Å². The van der Waals surface area contributed by atoms with Crippen LogP contribution in [-0.4, -0.2) is 48.2 Å². The fourth-order valence-electron chi connectivity index (χ4n) is 3.53. The van der Waals surface area contributed by atoms with Crippen molar-refractivity contribution in [2.24, 2.45) is 0 Å². The van der Waals surface area contributed by atoms with Gasteiger partial charge in [-0.05, 0) is 32.8 Å². The molecule has 120 valence electrons. The minimum absolute atomic E-state index is 0.0532. The Morgan fingerprint density at radius 2 is 2.14 bits per heavy atom. The van der Waals surface area contributed by atoms with E-state index >= 15 is 0 Å². The molecule has 0 radical (unpaired) electrons. The third kappa shape index (κ3) is 2.41. The number of carbonyl (C=O) groups is 2. The number of nitrogens with zero attached hydrogens (tertiary/aromatic N) is 1. The molecule has 0 aliphatic carbocycles. The van der Waals surface area contributed by atoms with Crippen molar-refractivity contribution in [2.45, 2.75) is 57.4 Å². The molecule has 4 atom stereocenters. The second-order valence-electron chi connectivity index (χ2n) is 6.02. The molecular weight excluding hydrogens is 286 g/mol. The van der Waals surface area contributed by atoms with Crippen LogP contribution < -0.4 is 0 Å². The van der Waals surface area contributed by atoms with Crippen LogP contribution in [0.1, 0.15) is 42.3 Å². The second kappa shape index (κ2) is 5.76. The Balaban J connectivity index is 1.84. The van der Waals surface area contributed by atoms with Gasteiger partial charge in [0.25, 0.3) is 5.91 Å². The Bertz CT molecular complexity index is 581. The molecule has 3 rings (SSSR count). The third-order valence-corrected chi connectivity index (χ3v) is 4.71. The number of amides is 1. The first-order chi connectivity index (χ1) is 10.5. The summed E-state index contributed by atoms with van der Waals surface area (Å²) in [4.78, 5) is 26.5. The van der Waals surface area contributed by atoms with Crippen molar-refractivity contribution in [2.75, 3.05) is 7.11 Å². The predicted molar refractivity (Wildman–Crippen MR) is 77.4 cm³/mol. The first-order valence-corrected chi connectivity index (χ1v) is 7.63. The molecule has 1 amide bonds. The van der Waals surface area contributed by atoms with E-state index in [0.29, 0.717) is 17.7 Å². The van der Waals surface area contributed by atoms with E-state index in [-0.39, 0.29) is 30.1 Å². The highest BCUT2D eigenvalue weighted by Crippen LogP contribution is 2.36. The number of ether oxygens (including phenoxy) is 2. The lowest BCUT2D eigenvalue weighted by Gasteiger charge is -2.41. The van der Waals surface area contributed by atoms with Crippen LogP contribution in [0.2, 0.25) is 0 Å². The zero-order valence-corrected chi connectivity index (χ0v) is 13.1. The highest BCUT2D eigenvalue weighted by Gasteiger charge is 2.48. The fourth-order valence-corrected chi connectivity index (χ4v) is 3.53. The summed E-state index contributed by atoms with van der Waals surface area (Å²) in [5.41, 5.74) is 0.578. The Morgan fingerprint density at radius 3 is 2.77 bits per heavy atom. The van der Waals surface area contributed by atoms with Gasteiger partial charge in [-0.1, -0.05) is 0 Å². The number of rotatable bonds is 2. The third-order valence-electron chi connectivity index (χ3n) is 4.71. The summed E-state index contributed by atoms with van der Waals surface area (Å²) >= 11 is 0. The molecule has 0 N–H and O–H groups in total. The number of fused-ring (bicyclic) bond motifs is 1. The standard InChI is InChI=1S/C16H21NO5/c1-9-4-5-13-12(8-14(22-13)16(19)20-3)17(9)15(18)11-6-7-21-10(11)2/h6-7,9,12-14H,4-5,8H2,1-3H3/t9-,12-,13+,14+/m1/s1. The molecule has 1 aromatic heterocycles. The summed E-state index contributed by atoms with van der Waals surface area (Å²) in [6.45, 7) is 3.82. The van der Waals surface area contributed by atoms with Gasteiger partial charge in [-0.2, -0.15) is 0 Å². The van der Waals surface area contributed by atoms with Crippen LogP contribution in [0.15, 0.2) is 16.7 Å². The number of carbonyl (C=O) groups excluding carboxylic acids is 2. The van der Waals surface area contributed by atoms with Crippen molar-refractivity contribution >= 4 is 11.9 Å². The highest BCUT2D eigenvalue weighted by atomic mass is 16.6. The molecule has 2 saturated heterocycles. The SMILES string of the molecule is COC(=O)[C@@H]1C[C@@H]2[C@H](CC[C@@H](C)N2C(=O)c2ccoc2C)O1. The van der Waals surface area contributed by atoms with Crippen LogP contribution in [-0.2, 0) is 14.3 Å². The number of furan rings is 1. The van der Waals surface area contributed by atoms with Crippen molar-refractivity contribution in [1.82, 2.24) is 4.90 Å². The normalized spacial score (nSPS) is 31.0. The molecule has 6 nitrogen and oxygen atoms in total. The molecule has 0 saturated carbocycles. The zero-order chi connectivity index (χ0) is 15.9. The second-order valence-corrected chi connectivity index (χ2v) is 6.02. The van der Waals surface area contributed by atoms with Gasteiger partial charge >= 0.3 is 5.97 Å². The van der Waals surface area contributed by atoms with Crippen LogP contribution >= 0.6 is 0 Å². The smallest absolute Gasteiger partial charge is 0.335 e. The Kier molecular flexibility index (Phi) is 3.95. The zero-order valence-electron chi connectivity index (χ0n) is 13.1. The maximum atomic E-state index is 12.9. The van der Waals surface area contributed by atoms with E-state index in [1.165, 1.54) is 13.4 Å². The van der Waals surface area contributed by atoms with Gasteiger partial charge in [-0.15, -0.1) is 0 Å². The summed E-state index contributed by atoms with van der Waals surface area (Å²) < 4.78 is 15.8. The van der Waals surface area contributed by atoms with Gasteiger partial charge in [0, 0.05) is 12.5 Å². The molecule has 3 heterocycles. The molecule has 0 bridgehead atoms. The maximum Gasteiger partial charge on any atom is 0.335 e. The number of hydrogen-bond donors (Lipinski definition) is 0. The van der Waals surface area contributed by atoms with E-state index in [9.17, 15) is 9.59 Å². The average Bonchev–Trinajstić information content (AvgIpc) is 3.11. The van der Waals surface area contributed by atoms with Crippen molar-refractivity contribution < 1.29 is 23.5 Å². The molecule has 0 spiro atoms. The van der Waals surface area contributed by atoms with E-state index in [0.717, 1.165) is 12.8 Å². The molecule has 1 aromatic rings. The van der Waals surface area contributed by atoms with Gasteiger partial charge in [0.1, 0.15) is 5.76 Å². The number of aryl methyl sites for hydroxylation is 1. The maximum absolute atomic E-state index is 12.9. The summed E-state index contributed by atoms with van der Waals surface area (Å²) in [7, 11) is 1.36. The molecule has 6 heteroatoms. The minimum Gasteiger partial charge on any atom is -0.469 e. The van der Waals surface area contributed by atoms with Crippen molar-refractivity contribution in [3.8, 4) is 0 Å². The van der Waals surface area contributed by atoms with Gasteiger partial charge in [0.15, 0.2) is 6.10 Å². The minimum atomic E-state index is -0.578. The van der Waals surface area contributed by atoms with E-state index in [1.807, 2.05) is 11.8 Å². The van der Waals surface area contributed by atoms with E-state index < -0.39 is 6.10 Å². The van der Waals surface area contributed by atoms with Crippen LogP contribution in [0.4, 0.5) is 0 Å². The highest BCUT2D eigenvalue weighted by molar-refractivity contribution is 5.95. The van der Waals surface area contributed by atoms with Crippen molar-refractivity contribution in [1.29, 1.82) is 0 Å². The largest absolute Gasteiger partial charge is 0.469 e. The molecule has 22 heavy (non-hydrogen) atoms. The average molecular weight is 307 g/mol. The van der Waals surface area contributed by atoms with Crippen LogP contribution in [0.25, 0.3) is 0 Å². The lowest BCUT2D eigenvalue weighted by atomic mass is 9.92. The summed E-state index contributed by atoms with van der Waals surface area (Å²) in [6, 6.07) is 1.72. The number of methoxy groups -OCH3 is 1. The summed E-state index contributed by atoms with van der Waals surface area (Å²) in [6.07, 6.45) is 3.05. The van der Waals surface area contributed by atoms with Crippen LogP contribution in [0.5, 0.6) is 0 Å². The Hall–Kier alpha value is -1.82. The molecular formula is C16H21NO5. The predicted octanol–water partition coefficient (Wildman–Crippen LogP) is 1.91. The summed E-state index contributed by atoms with van der Waals surface area (Å²) in [5, 5.41) is 0. The van der Waals surface area contributed by atoms with Crippen LogP contribution in [0.3, 0.4) is 0 Å². The topological polar surface area (TPSA) is 69.0 Å². The number of piperidine rings is 1. The van der Waals surface area contributed by atoms with Crippen molar-refractivity contribution in [3.05, 3.63) is 23.7 Å². The van der Waals surface area contributed by atoms with E-state index in [2.05, 4.69) is 0 Å². The Morgan fingerprint density at radius 1 is 1.36 bits per heavy atom. The lowest BCUT2D eigenvalue weighted by molar-refractivity contribution is -0.153. The van der Waals surface area contributed by atoms with E-state index in [4.69, 9.17) is 13.9 Å². The first-order valence-electron chi connectivity index (χ1n) is 7.63. The number of esters is 1. The first kappa shape index (κ1) is 15.1. The molecule has 2 aliphatic heterocycles. The molecule has 0 aromatic carbocycles. The lowest BCUT2D eigenvalue weighted by Crippen LogP contribution is -2.53. The van der Waals surface area contributed by atoms with Crippen LogP contribution in [0, 0.1) is 6.92 Å². The van der Waals surface area contributed by atoms with Gasteiger partial charge in [0.2, 0.25) is 0 Å². The number of likely N-dealkylation sites (tertiary alicyclic amines) is 1. The molecule has 2 fully saturated rings. The van der Waals surface area contributed by atoms with Crippen molar-refractivity contribution in [3.63, 3.8) is 0 Å². The molecule has 0 unspecified atom stereocenters. The quantitative estimate of drug-likeness (QED) is 0.781. The molecule has 2 aliphatic rings. The monoisotopic (exact) mass is 307 g/mol. The number of hydrogen-bond acceptors (Lipinski definition) is 5. The van der Waals surface area contributed by atoms with Gasteiger partial charge in [0.05, 0.1) is 31.1 Å².